The largest absolute Gasteiger partial charge is 0.444 e. The number of carbonyl (C=O) groups is 3. The van der Waals surface area contributed by atoms with E-state index >= 15 is 0 Å². The first-order chi connectivity index (χ1) is 20.4. The third kappa shape index (κ3) is 7.08. The predicted octanol–water partition coefficient (Wildman–Crippen LogP) is 6.23. The van der Waals surface area contributed by atoms with E-state index in [1.54, 1.807) is 32.9 Å². The van der Waals surface area contributed by atoms with Gasteiger partial charge in [0, 0.05) is 37.5 Å². The summed E-state index contributed by atoms with van der Waals surface area (Å²) in [5.41, 5.74) is -0.827. The summed E-state index contributed by atoms with van der Waals surface area (Å²) in [5, 5.41) is 4.11. The third-order valence-corrected chi connectivity index (χ3v) is 7.66. The van der Waals surface area contributed by atoms with Crippen molar-refractivity contribution in [2.24, 2.45) is 11.8 Å². The number of aromatic nitrogens is 4. The van der Waals surface area contributed by atoms with Crippen LogP contribution in [-0.2, 0) is 9.53 Å². The second-order valence-corrected chi connectivity index (χ2v) is 12.2. The van der Waals surface area contributed by atoms with Gasteiger partial charge in [-0.05, 0) is 77.3 Å². The molecular weight excluding hydrogens is 562 g/mol. The number of alkyl halides is 2. The molecule has 0 bridgehead atoms. The molecule has 3 heterocycles. The first-order valence-electron chi connectivity index (χ1n) is 14.5. The number of amides is 2. The summed E-state index contributed by atoms with van der Waals surface area (Å²) >= 11 is 0. The van der Waals surface area contributed by atoms with Gasteiger partial charge in [0.25, 0.3) is 12.3 Å². The molecule has 0 N–H and O–H groups in total. The minimum atomic E-state index is -2.90. The summed E-state index contributed by atoms with van der Waals surface area (Å²) in [7, 11) is 1.38. The molecular formula is C30H36F2N6O5. The summed E-state index contributed by atoms with van der Waals surface area (Å²) < 4.78 is 40.6. The minimum Gasteiger partial charge on any atom is -0.444 e. The Hall–Kier alpha value is -4.16. The number of hydrogen-bond acceptors (Lipinski definition) is 8. The first-order valence-corrected chi connectivity index (χ1v) is 14.5. The van der Waals surface area contributed by atoms with E-state index in [-0.39, 0.29) is 29.2 Å². The Balaban J connectivity index is 1.35. The Bertz CT molecular complexity index is 1470. The Morgan fingerprint density at radius 1 is 1.19 bits per heavy atom. The van der Waals surface area contributed by atoms with Gasteiger partial charge in [-0.3, -0.25) is 14.4 Å². The summed E-state index contributed by atoms with van der Waals surface area (Å²) in [4.78, 5) is 48.7. The van der Waals surface area contributed by atoms with E-state index in [1.165, 1.54) is 29.0 Å². The number of halogens is 2. The van der Waals surface area contributed by atoms with E-state index in [0.717, 1.165) is 30.3 Å². The summed E-state index contributed by atoms with van der Waals surface area (Å²) in [5.74, 6) is 0.153. The van der Waals surface area contributed by atoms with Gasteiger partial charge in [0.05, 0.1) is 11.7 Å². The van der Waals surface area contributed by atoms with Crippen molar-refractivity contribution in [2.45, 2.75) is 77.4 Å². The summed E-state index contributed by atoms with van der Waals surface area (Å²) in [6.07, 6.45) is 6.29. The Kier molecular flexibility index (Phi) is 8.61. The molecule has 0 aromatic carbocycles. The van der Waals surface area contributed by atoms with Crippen molar-refractivity contribution in [3.63, 3.8) is 0 Å². The molecule has 5 rings (SSSR count). The lowest BCUT2D eigenvalue weighted by Gasteiger charge is -2.27. The van der Waals surface area contributed by atoms with Crippen molar-refractivity contribution >= 4 is 29.8 Å². The van der Waals surface area contributed by atoms with Gasteiger partial charge in [0.1, 0.15) is 24.0 Å². The van der Waals surface area contributed by atoms with Crippen molar-refractivity contribution in [2.75, 3.05) is 23.4 Å². The number of pyridine rings is 1. The molecule has 0 spiro atoms. The van der Waals surface area contributed by atoms with Crippen molar-refractivity contribution < 1.29 is 32.3 Å². The number of oxazole rings is 1. The molecule has 2 aliphatic rings. The number of aldehydes is 1. The van der Waals surface area contributed by atoms with E-state index in [1.807, 2.05) is 0 Å². The van der Waals surface area contributed by atoms with Crippen LogP contribution in [0.4, 0.5) is 25.1 Å². The third-order valence-electron chi connectivity index (χ3n) is 7.66. The fraction of sp³-hybridized carbons (Fsp3) is 0.533. The second kappa shape index (κ2) is 12.2. The molecule has 0 aliphatic heterocycles. The van der Waals surface area contributed by atoms with Gasteiger partial charge < -0.3 is 18.8 Å². The second-order valence-electron chi connectivity index (χ2n) is 12.2. The van der Waals surface area contributed by atoms with Crippen LogP contribution in [0.25, 0.3) is 11.5 Å². The molecule has 230 valence electrons. The SMILES string of the molecule is CN(C(=O)c1coc(-c2ccnc(N(CC3CC3)C(=O)OC(C)(C)C)c2)n1)c1cn([C@H]2CC[C@H](C=O)CC2)nc1C(F)F. The molecule has 11 nitrogen and oxygen atoms in total. The lowest BCUT2D eigenvalue weighted by Crippen LogP contribution is -2.38. The number of nitrogens with zero attached hydrogens (tertiary/aromatic N) is 6. The molecule has 0 unspecified atom stereocenters. The van der Waals surface area contributed by atoms with Crippen LogP contribution in [0.5, 0.6) is 0 Å². The van der Waals surface area contributed by atoms with Crippen LogP contribution >= 0.6 is 0 Å². The smallest absolute Gasteiger partial charge is 0.416 e. The van der Waals surface area contributed by atoms with Crippen LogP contribution in [0.3, 0.4) is 0 Å². The molecule has 13 heteroatoms. The number of rotatable bonds is 9. The number of hydrogen-bond donors (Lipinski definition) is 0. The van der Waals surface area contributed by atoms with Gasteiger partial charge in [-0.25, -0.2) is 23.5 Å². The number of anilines is 2. The molecule has 0 saturated heterocycles. The molecule has 2 saturated carbocycles. The highest BCUT2D eigenvalue weighted by Crippen LogP contribution is 2.36. The van der Waals surface area contributed by atoms with Gasteiger partial charge in [0.15, 0.2) is 11.4 Å². The van der Waals surface area contributed by atoms with E-state index < -0.39 is 29.7 Å². The first kappa shape index (κ1) is 30.3. The maximum atomic E-state index is 14.0. The van der Waals surface area contributed by atoms with Crippen molar-refractivity contribution in [1.29, 1.82) is 0 Å². The lowest BCUT2D eigenvalue weighted by molar-refractivity contribution is -0.112. The fourth-order valence-corrected chi connectivity index (χ4v) is 5.12. The van der Waals surface area contributed by atoms with Crippen LogP contribution in [-0.4, -0.2) is 57.2 Å². The van der Waals surface area contributed by atoms with Crippen LogP contribution in [0.1, 0.15) is 87.9 Å². The van der Waals surface area contributed by atoms with E-state index in [9.17, 15) is 23.2 Å². The summed E-state index contributed by atoms with van der Waals surface area (Å²) in [6.45, 7) is 5.84. The standard InChI is InChI=1S/C30H36F2N6O5/c1-30(2,3)43-29(41)37(14-18-5-6-18)24-13-20(11-12-33-24)27-34-22(17-42-27)28(40)36(4)23-15-38(35-25(23)26(31)32)21-9-7-19(16-39)8-10-21/h11-13,15-19,21,26H,5-10,14H2,1-4H3/t19-,21-. The normalized spacial score (nSPS) is 18.9. The van der Waals surface area contributed by atoms with E-state index in [2.05, 4.69) is 15.1 Å². The Morgan fingerprint density at radius 2 is 1.91 bits per heavy atom. The monoisotopic (exact) mass is 598 g/mol. The van der Waals surface area contributed by atoms with Gasteiger partial charge in [-0.1, -0.05) is 0 Å². The topological polar surface area (TPSA) is 124 Å². The number of carbonyl (C=O) groups excluding carboxylic acids is 3. The average molecular weight is 599 g/mol. The molecule has 2 aliphatic carbocycles. The molecule has 0 radical (unpaired) electrons. The fourth-order valence-electron chi connectivity index (χ4n) is 5.12. The highest BCUT2D eigenvalue weighted by Gasteiger charge is 2.32. The van der Waals surface area contributed by atoms with Crippen LogP contribution in [0.2, 0.25) is 0 Å². The van der Waals surface area contributed by atoms with Gasteiger partial charge in [-0.2, -0.15) is 5.10 Å². The Labute approximate surface area is 248 Å². The summed E-state index contributed by atoms with van der Waals surface area (Å²) in [6, 6.07) is 3.13. The zero-order valence-corrected chi connectivity index (χ0v) is 24.7. The highest BCUT2D eigenvalue weighted by atomic mass is 19.3. The molecule has 2 amide bonds. The maximum Gasteiger partial charge on any atom is 0.416 e. The maximum absolute atomic E-state index is 14.0. The van der Waals surface area contributed by atoms with Crippen molar-refractivity contribution in [3.05, 3.63) is 42.2 Å². The quantitative estimate of drug-likeness (QED) is 0.266. The van der Waals surface area contributed by atoms with Gasteiger partial charge in [0.2, 0.25) is 5.89 Å². The van der Waals surface area contributed by atoms with Crippen LogP contribution in [0.15, 0.2) is 35.2 Å². The zero-order valence-electron chi connectivity index (χ0n) is 24.7. The van der Waals surface area contributed by atoms with Crippen molar-refractivity contribution in [3.8, 4) is 11.5 Å². The molecule has 3 aromatic rings. The lowest BCUT2D eigenvalue weighted by atomic mass is 9.87. The van der Waals surface area contributed by atoms with Gasteiger partial charge >= 0.3 is 6.09 Å². The van der Waals surface area contributed by atoms with Crippen LogP contribution < -0.4 is 9.80 Å². The minimum absolute atomic E-state index is 0.0264. The van der Waals surface area contributed by atoms with E-state index in [0.29, 0.717) is 49.5 Å². The van der Waals surface area contributed by atoms with Crippen LogP contribution in [0, 0.1) is 11.8 Å². The molecule has 0 atom stereocenters. The predicted molar refractivity (Wildman–Crippen MR) is 153 cm³/mol. The highest BCUT2D eigenvalue weighted by molar-refractivity contribution is 6.04. The zero-order chi connectivity index (χ0) is 30.9. The Morgan fingerprint density at radius 3 is 2.53 bits per heavy atom. The number of ether oxygens (including phenoxy) is 1. The van der Waals surface area contributed by atoms with Crippen molar-refractivity contribution in [1.82, 2.24) is 19.7 Å². The molecule has 43 heavy (non-hydrogen) atoms. The molecule has 3 aromatic heterocycles. The van der Waals surface area contributed by atoms with Gasteiger partial charge in [-0.15, -0.1) is 0 Å². The molecule has 2 fully saturated rings. The average Bonchev–Trinajstić information content (AvgIpc) is 3.47. The van der Waals surface area contributed by atoms with E-state index in [4.69, 9.17) is 9.15 Å².